The summed E-state index contributed by atoms with van der Waals surface area (Å²) >= 11 is 1.42. The van der Waals surface area contributed by atoms with E-state index in [1.165, 1.54) is 23.5 Å². The summed E-state index contributed by atoms with van der Waals surface area (Å²) in [5, 5.41) is 0.566. The summed E-state index contributed by atoms with van der Waals surface area (Å²) < 4.78 is 35.6. The third-order valence-corrected chi connectivity index (χ3v) is 7.48. The molecular formula is C22H25N3O5S2. The fraction of sp³-hybridized carbons (Fsp3) is 0.364. The molecule has 0 N–H and O–H groups in total. The van der Waals surface area contributed by atoms with Gasteiger partial charge in [0.15, 0.2) is 15.0 Å². The number of hydrogen-bond donors (Lipinski definition) is 0. The predicted octanol–water partition coefficient (Wildman–Crippen LogP) is 2.69. The number of nitrogens with zero attached hydrogens (tertiary/aromatic N) is 3. The van der Waals surface area contributed by atoms with Crippen molar-refractivity contribution in [3.8, 4) is 5.75 Å². The molecule has 1 saturated heterocycles. The van der Waals surface area contributed by atoms with E-state index >= 15 is 0 Å². The molecule has 1 aliphatic heterocycles. The van der Waals surface area contributed by atoms with Gasteiger partial charge >= 0.3 is 0 Å². The molecule has 2 heterocycles. The molecule has 2 aromatic carbocycles. The molecule has 1 aromatic heterocycles. The van der Waals surface area contributed by atoms with E-state index in [1.807, 2.05) is 18.2 Å². The van der Waals surface area contributed by atoms with Crippen molar-refractivity contribution in [3.63, 3.8) is 0 Å². The fourth-order valence-electron chi connectivity index (χ4n) is 3.50. The number of ether oxygens (including phenoxy) is 2. The highest BCUT2D eigenvalue weighted by Crippen LogP contribution is 2.32. The zero-order chi connectivity index (χ0) is 22.7. The molecule has 0 spiro atoms. The Balaban J connectivity index is 1.67. The lowest BCUT2D eigenvalue weighted by Crippen LogP contribution is -2.43. The summed E-state index contributed by atoms with van der Waals surface area (Å²) in [6, 6.07) is 11.8. The summed E-state index contributed by atoms with van der Waals surface area (Å²) in [5.41, 5.74) is 1.06. The van der Waals surface area contributed by atoms with Crippen molar-refractivity contribution in [1.82, 2.24) is 9.88 Å². The Labute approximate surface area is 191 Å². The summed E-state index contributed by atoms with van der Waals surface area (Å²) in [7, 11) is -1.83. The monoisotopic (exact) mass is 475 g/mol. The highest BCUT2D eigenvalue weighted by atomic mass is 32.2. The van der Waals surface area contributed by atoms with E-state index in [0.29, 0.717) is 42.7 Å². The van der Waals surface area contributed by atoms with Gasteiger partial charge in [0.25, 0.3) is 5.91 Å². The minimum atomic E-state index is -3.43. The van der Waals surface area contributed by atoms with Crippen LogP contribution in [0.3, 0.4) is 0 Å². The highest BCUT2D eigenvalue weighted by molar-refractivity contribution is 7.90. The third-order valence-electron chi connectivity index (χ3n) is 5.31. The fourth-order valence-corrected chi connectivity index (χ4v) is 5.14. The van der Waals surface area contributed by atoms with Crippen molar-refractivity contribution in [3.05, 3.63) is 48.0 Å². The van der Waals surface area contributed by atoms with Crippen LogP contribution in [-0.4, -0.2) is 77.0 Å². The van der Waals surface area contributed by atoms with Crippen LogP contribution in [-0.2, 0) is 14.6 Å². The number of anilines is 1. The first-order valence-electron chi connectivity index (χ1n) is 10.2. The number of thiazole rings is 1. The van der Waals surface area contributed by atoms with Crippen LogP contribution in [0.5, 0.6) is 5.75 Å². The first kappa shape index (κ1) is 22.7. The van der Waals surface area contributed by atoms with Crippen LogP contribution in [0.4, 0.5) is 5.13 Å². The number of sulfone groups is 1. The number of rotatable bonds is 7. The molecule has 0 saturated carbocycles. The number of hydrogen-bond acceptors (Lipinski definition) is 8. The number of carbonyl (C=O) groups is 1. The maximum Gasteiger partial charge on any atom is 0.260 e. The van der Waals surface area contributed by atoms with Gasteiger partial charge in [-0.3, -0.25) is 14.6 Å². The maximum atomic E-state index is 13.5. The summed E-state index contributed by atoms with van der Waals surface area (Å²) in [5.74, 6) is 0.413. The van der Waals surface area contributed by atoms with Crippen molar-refractivity contribution in [1.29, 1.82) is 0 Å². The number of methoxy groups -OCH3 is 1. The molecule has 3 aromatic rings. The Morgan fingerprint density at radius 3 is 2.72 bits per heavy atom. The third kappa shape index (κ3) is 5.09. The molecular weight excluding hydrogens is 450 g/mol. The average molecular weight is 476 g/mol. The summed E-state index contributed by atoms with van der Waals surface area (Å²) in [6.45, 7) is 4.06. The van der Waals surface area contributed by atoms with E-state index in [1.54, 1.807) is 24.1 Å². The lowest BCUT2D eigenvalue weighted by atomic mass is 10.2. The van der Waals surface area contributed by atoms with Gasteiger partial charge in [-0.1, -0.05) is 17.4 Å². The standard InChI is InChI=1S/C22H25N3O5S2/c1-29-17-6-7-20-19(15-17)23-22(31-20)25(9-8-24-10-12-30-13-11-24)21(26)16-4-3-5-18(14-16)32(2,27)28/h3-7,14-15H,8-13H2,1-2H3. The number of benzene rings is 2. The van der Waals surface area contributed by atoms with E-state index in [9.17, 15) is 13.2 Å². The van der Waals surface area contributed by atoms with Gasteiger partial charge in [-0.15, -0.1) is 0 Å². The van der Waals surface area contributed by atoms with Crippen LogP contribution in [0.2, 0.25) is 0 Å². The van der Waals surface area contributed by atoms with Gasteiger partial charge in [0, 0.05) is 44.1 Å². The molecule has 32 heavy (non-hydrogen) atoms. The SMILES string of the molecule is COc1ccc2sc(N(CCN3CCOCC3)C(=O)c3cccc(S(C)(=O)=O)c3)nc2c1. The Kier molecular flexibility index (Phi) is 6.75. The number of fused-ring (bicyclic) bond motifs is 1. The predicted molar refractivity (Wildman–Crippen MR) is 125 cm³/mol. The van der Waals surface area contributed by atoms with Gasteiger partial charge in [-0.05, 0) is 30.3 Å². The van der Waals surface area contributed by atoms with Gasteiger partial charge in [0.05, 0.1) is 35.4 Å². The topological polar surface area (TPSA) is 89.0 Å². The highest BCUT2D eigenvalue weighted by Gasteiger charge is 2.24. The Bertz CT molecular complexity index is 1220. The zero-order valence-corrected chi connectivity index (χ0v) is 19.6. The van der Waals surface area contributed by atoms with E-state index < -0.39 is 9.84 Å². The van der Waals surface area contributed by atoms with Crippen LogP contribution in [0, 0.1) is 0 Å². The van der Waals surface area contributed by atoms with Gasteiger partial charge < -0.3 is 9.47 Å². The van der Waals surface area contributed by atoms with E-state index in [-0.39, 0.29) is 10.8 Å². The molecule has 170 valence electrons. The molecule has 4 rings (SSSR count). The van der Waals surface area contributed by atoms with Gasteiger partial charge in [-0.2, -0.15) is 0 Å². The molecule has 1 fully saturated rings. The first-order chi connectivity index (χ1) is 15.3. The van der Waals surface area contributed by atoms with E-state index in [2.05, 4.69) is 9.88 Å². The van der Waals surface area contributed by atoms with E-state index in [4.69, 9.17) is 9.47 Å². The normalized spacial score (nSPS) is 15.1. The van der Waals surface area contributed by atoms with Crippen molar-refractivity contribution in [2.75, 3.05) is 57.7 Å². The lowest BCUT2D eigenvalue weighted by molar-refractivity contribution is 0.0391. The number of amides is 1. The summed E-state index contributed by atoms with van der Waals surface area (Å²) in [4.78, 5) is 22.2. The Hall–Kier alpha value is -2.53. The molecule has 1 aliphatic rings. The zero-order valence-electron chi connectivity index (χ0n) is 18.0. The number of morpholine rings is 1. The van der Waals surface area contributed by atoms with E-state index in [0.717, 1.165) is 29.6 Å². The molecule has 10 heteroatoms. The molecule has 0 unspecified atom stereocenters. The van der Waals surface area contributed by atoms with Gasteiger partial charge in [0.1, 0.15) is 5.75 Å². The van der Waals surface area contributed by atoms with Crippen molar-refractivity contribution in [2.45, 2.75) is 4.90 Å². The second kappa shape index (κ2) is 9.53. The minimum Gasteiger partial charge on any atom is -0.497 e. The lowest BCUT2D eigenvalue weighted by Gasteiger charge is -2.29. The minimum absolute atomic E-state index is 0.116. The quantitative estimate of drug-likeness (QED) is 0.519. The second-order valence-corrected chi connectivity index (χ2v) is 10.6. The Morgan fingerprint density at radius 2 is 2.00 bits per heavy atom. The average Bonchev–Trinajstić information content (AvgIpc) is 3.22. The summed E-state index contributed by atoms with van der Waals surface area (Å²) in [6.07, 6.45) is 1.13. The van der Waals surface area contributed by atoms with Crippen LogP contribution >= 0.6 is 11.3 Å². The Morgan fingerprint density at radius 1 is 1.22 bits per heavy atom. The first-order valence-corrected chi connectivity index (χ1v) is 12.9. The largest absolute Gasteiger partial charge is 0.497 e. The maximum absolute atomic E-state index is 13.5. The molecule has 0 atom stereocenters. The smallest absolute Gasteiger partial charge is 0.260 e. The molecule has 0 bridgehead atoms. The van der Waals surface area contributed by atoms with Crippen molar-refractivity contribution < 1.29 is 22.7 Å². The van der Waals surface area contributed by atoms with Crippen LogP contribution in [0.25, 0.3) is 10.2 Å². The van der Waals surface area contributed by atoms with Crippen molar-refractivity contribution >= 4 is 42.4 Å². The molecule has 0 radical (unpaired) electrons. The number of carbonyl (C=O) groups excluding carboxylic acids is 1. The molecule has 8 nitrogen and oxygen atoms in total. The van der Waals surface area contributed by atoms with Gasteiger partial charge in [-0.25, -0.2) is 13.4 Å². The van der Waals surface area contributed by atoms with Crippen molar-refractivity contribution in [2.24, 2.45) is 0 Å². The van der Waals surface area contributed by atoms with Gasteiger partial charge in [0.2, 0.25) is 0 Å². The van der Waals surface area contributed by atoms with Crippen LogP contribution in [0.15, 0.2) is 47.4 Å². The molecule has 1 amide bonds. The van der Waals surface area contributed by atoms with Crippen LogP contribution < -0.4 is 9.64 Å². The second-order valence-electron chi connectivity index (χ2n) is 7.54. The van der Waals surface area contributed by atoms with Crippen LogP contribution in [0.1, 0.15) is 10.4 Å². The number of aromatic nitrogens is 1. The molecule has 0 aliphatic carbocycles.